The summed E-state index contributed by atoms with van der Waals surface area (Å²) in [6.45, 7) is 5.64. The van der Waals surface area contributed by atoms with Gasteiger partial charge in [-0.25, -0.2) is 4.99 Å². The number of hydrogen-bond acceptors (Lipinski definition) is 3. The summed E-state index contributed by atoms with van der Waals surface area (Å²) in [4.78, 5) is 14.0. The monoisotopic (exact) mass is 393 g/mol. The van der Waals surface area contributed by atoms with Crippen LogP contribution in [0, 0.1) is 0 Å². The predicted molar refractivity (Wildman–Crippen MR) is 124 cm³/mol. The molecule has 0 unspecified atom stereocenters. The van der Waals surface area contributed by atoms with E-state index in [4.69, 9.17) is 11.5 Å². The zero-order chi connectivity index (χ0) is 20.9. The molecule has 5 heteroatoms. The van der Waals surface area contributed by atoms with Crippen molar-refractivity contribution in [2.24, 2.45) is 21.5 Å². The zero-order valence-corrected chi connectivity index (χ0v) is 17.9. The number of nitrogens with two attached hydrogens (primary N) is 2. The van der Waals surface area contributed by atoms with Gasteiger partial charge in [0, 0.05) is 37.7 Å². The predicted octanol–water partition coefficient (Wildman–Crippen LogP) is 4.89. The average Bonchev–Trinajstić information content (AvgIpc) is 2.74. The lowest BCUT2D eigenvalue weighted by Gasteiger charge is -2.09. The van der Waals surface area contributed by atoms with Crippen molar-refractivity contribution in [2.45, 2.75) is 65.3 Å². The second kappa shape index (κ2) is 12.8. The molecule has 0 saturated heterocycles. The highest BCUT2D eigenvalue weighted by Crippen LogP contribution is 2.21. The maximum absolute atomic E-state index is 6.15. The van der Waals surface area contributed by atoms with E-state index in [1.165, 1.54) is 12.8 Å². The van der Waals surface area contributed by atoms with Crippen LogP contribution in [0.1, 0.15) is 63.5 Å². The molecule has 0 fully saturated rings. The molecular formula is C24H35N5. The molecular weight excluding hydrogens is 358 g/mol. The molecule has 2 aromatic rings. The van der Waals surface area contributed by atoms with Crippen LogP contribution in [0.15, 0.2) is 52.6 Å². The number of unbranched alkanes of at least 4 members (excludes halogenated alkanes) is 3. The van der Waals surface area contributed by atoms with E-state index < -0.39 is 0 Å². The third-order valence-corrected chi connectivity index (χ3v) is 4.82. The highest BCUT2D eigenvalue weighted by Gasteiger charge is 2.07. The molecule has 0 radical (unpaired) electrons. The first-order chi connectivity index (χ1) is 14.2. The summed E-state index contributed by atoms with van der Waals surface area (Å²) in [6.07, 6.45) is 8.97. The van der Waals surface area contributed by atoms with Crippen LogP contribution in [-0.2, 0) is 13.0 Å². The Morgan fingerprint density at radius 1 is 1.00 bits per heavy atom. The van der Waals surface area contributed by atoms with Crippen LogP contribution in [0.5, 0.6) is 0 Å². The largest absolute Gasteiger partial charge is 0.387 e. The van der Waals surface area contributed by atoms with E-state index in [1.54, 1.807) is 0 Å². The number of nitrogens with zero attached hydrogens (tertiary/aromatic N) is 3. The maximum atomic E-state index is 6.15. The zero-order valence-electron chi connectivity index (χ0n) is 17.9. The second-order valence-electron chi connectivity index (χ2n) is 7.30. The molecule has 0 atom stereocenters. The Labute approximate surface area is 175 Å². The van der Waals surface area contributed by atoms with Crippen molar-refractivity contribution in [1.29, 1.82) is 0 Å². The number of benzene rings is 1. The number of hydrogen-bond donors (Lipinski definition) is 2. The van der Waals surface area contributed by atoms with E-state index in [0.717, 1.165) is 60.4 Å². The first-order valence-corrected chi connectivity index (χ1v) is 10.8. The Morgan fingerprint density at radius 3 is 2.48 bits per heavy atom. The molecule has 0 saturated carbocycles. The van der Waals surface area contributed by atoms with Crippen LogP contribution in [-0.4, -0.2) is 23.2 Å². The van der Waals surface area contributed by atoms with Gasteiger partial charge in [0.2, 0.25) is 0 Å². The van der Waals surface area contributed by atoms with Gasteiger partial charge in [-0.1, -0.05) is 63.4 Å². The topological polar surface area (TPSA) is 89.6 Å². The van der Waals surface area contributed by atoms with Crippen LogP contribution in [0.3, 0.4) is 0 Å². The molecule has 1 heterocycles. The van der Waals surface area contributed by atoms with Gasteiger partial charge in [-0.2, -0.15) is 0 Å². The van der Waals surface area contributed by atoms with E-state index in [2.05, 4.69) is 40.9 Å². The minimum Gasteiger partial charge on any atom is -0.387 e. The van der Waals surface area contributed by atoms with Gasteiger partial charge < -0.3 is 11.5 Å². The average molecular weight is 394 g/mol. The lowest BCUT2D eigenvalue weighted by atomic mass is 10.0. The van der Waals surface area contributed by atoms with Crippen molar-refractivity contribution in [3.8, 4) is 11.3 Å². The van der Waals surface area contributed by atoms with Crippen molar-refractivity contribution in [3.05, 3.63) is 53.7 Å². The molecule has 0 aliphatic rings. The Hall–Kier alpha value is -2.53. The van der Waals surface area contributed by atoms with Crippen molar-refractivity contribution in [1.82, 2.24) is 4.98 Å². The highest BCUT2D eigenvalue weighted by atomic mass is 15.0. The summed E-state index contributed by atoms with van der Waals surface area (Å²) >= 11 is 0. The number of aliphatic imine (C=N–C) groups is 2. The lowest BCUT2D eigenvalue weighted by Crippen LogP contribution is -2.15. The van der Waals surface area contributed by atoms with Crippen LogP contribution in [0.4, 0.5) is 0 Å². The van der Waals surface area contributed by atoms with Gasteiger partial charge in [0.25, 0.3) is 0 Å². The molecule has 2 rings (SSSR count). The number of rotatable bonds is 11. The van der Waals surface area contributed by atoms with Gasteiger partial charge in [-0.15, -0.1) is 0 Å². The van der Waals surface area contributed by atoms with E-state index in [-0.39, 0.29) is 0 Å². The highest BCUT2D eigenvalue weighted by molar-refractivity contribution is 5.97. The summed E-state index contributed by atoms with van der Waals surface area (Å²) in [5.41, 5.74) is 16.2. The minimum atomic E-state index is 0.500. The molecule has 0 aliphatic carbocycles. The SMILES string of the molecule is CCCCCC(N)=NC(Cc1ccc(-c2ccccc2CN)nc1)=NCCCC. The fourth-order valence-corrected chi connectivity index (χ4v) is 3.09. The third-order valence-electron chi connectivity index (χ3n) is 4.82. The summed E-state index contributed by atoms with van der Waals surface area (Å²) in [6, 6.07) is 12.2. The molecule has 0 spiro atoms. The molecule has 156 valence electrons. The van der Waals surface area contributed by atoms with Crippen LogP contribution < -0.4 is 11.5 Å². The van der Waals surface area contributed by atoms with Crippen LogP contribution in [0.25, 0.3) is 11.3 Å². The molecule has 4 N–H and O–H groups in total. The standard InChI is InChI=1S/C24H35N5/c1-3-5-7-12-23(26)29-24(27-15-6-4-2)16-19-13-14-22(28-18-19)21-11-9-8-10-20(21)17-25/h8-11,13-14,18H,3-7,12,15-17,25H2,1-2H3,(H2,26,27,29). The van der Waals surface area contributed by atoms with Crippen molar-refractivity contribution in [3.63, 3.8) is 0 Å². The first-order valence-electron chi connectivity index (χ1n) is 10.8. The third kappa shape index (κ3) is 7.78. The molecule has 29 heavy (non-hydrogen) atoms. The summed E-state index contributed by atoms with van der Waals surface area (Å²) in [7, 11) is 0. The van der Waals surface area contributed by atoms with E-state index in [1.807, 2.05) is 30.5 Å². The Balaban J connectivity index is 2.13. The number of amidine groups is 2. The lowest BCUT2D eigenvalue weighted by molar-refractivity contribution is 0.740. The Bertz CT molecular complexity index is 793. The van der Waals surface area contributed by atoms with Gasteiger partial charge in [-0.05, 0) is 30.0 Å². The van der Waals surface area contributed by atoms with Crippen molar-refractivity contribution in [2.75, 3.05) is 6.54 Å². The maximum Gasteiger partial charge on any atom is 0.129 e. The second-order valence-corrected chi connectivity index (χ2v) is 7.30. The molecule has 0 aliphatic heterocycles. The molecule has 5 nitrogen and oxygen atoms in total. The van der Waals surface area contributed by atoms with Gasteiger partial charge >= 0.3 is 0 Å². The minimum absolute atomic E-state index is 0.500. The van der Waals surface area contributed by atoms with Crippen molar-refractivity contribution < 1.29 is 0 Å². The normalized spacial score (nSPS) is 12.4. The van der Waals surface area contributed by atoms with Gasteiger partial charge in [0.1, 0.15) is 11.7 Å². The summed E-state index contributed by atoms with van der Waals surface area (Å²) in [5.74, 6) is 1.47. The smallest absolute Gasteiger partial charge is 0.129 e. The van der Waals surface area contributed by atoms with Gasteiger partial charge in [0.05, 0.1) is 5.69 Å². The fourth-order valence-electron chi connectivity index (χ4n) is 3.09. The molecule has 0 bridgehead atoms. The van der Waals surface area contributed by atoms with E-state index >= 15 is 0 Å². The number of pyridine rings is 1. The summed E-state index contributed by atoms with van der Waals surface area (Å²) < 4.78 is 0. The number of aromatic nitrogens is 1. The van der Waals surface area contributed by atoms with Crippen LogP contribution in [0.2, 0.25) is 0 Å². The van der Waals surface area contributed by atoms with E-state index in [0.29, 0.717) is 18.8 Å². The molecule has 0 amide bonds. The fraction of sp³-hybridized carbons (Fsp3) is 0.458. The van der Waals surface area contributed by atoms with Crippen LogP contribution >= 0.6 is 0 Å². The van der Waals surface area contributed by atoms with Gasteiger partial charge in [0.15, 0.2) is 0 Å². The van der Waals surface area contributed by atoms with E-state index in [9.17, 15) is 0 Å². The Morgan fingerprint density at radius 2 is 1.79 bits per heavy atom. The molecule has 1 aromatic carbocycles. The quantitative estimate of drug-likeness (QED) is 0.324. The first kappa shape index (κ1) is 22.8. The molecule has 1 aromatic heterocycles. The summed E-state index contributed by atoms with van der Waals surface area (Å²) in [5, 5.41) is 0. The van der Waals surface area contributed by atoms with Gasteiger partial charge in [-0.3, -0.25) is 9.98 Å². The van der Waals surface area contributed by atoms with Crippen molar-refractivity contribution >= 4 is 11.7 Å². The Kier molecular flexibility index (Phi) is 10.1.